The summed E-state index contributed by atoms with van der Waals surface area (Å²) in [4.78, 5) is 34.2. The van der Waals surface area contributed by atoms with E-state index in [4.69, 9.17) is 9.57 Å². The van der Waals surface area contributed by atoms with Gasteiger partial charge in [0.15, 0.2) is 0 Å². The van der Waals surface area contributed by atoms with Gasteiger partial charge in [0.2, 0.25) is 0 Å². The minimum Gasteiger partial charge on any atom is -0.490 e. The Hall–Kier alpha value is -2.93. The molecular formula is C23H26N2O4S. The molecule has 1 heterocycles. The van der Waals surface area contributed by atoms with Crippen molar-refractivity contribution in [1.82, 2.24) is 9.71 Å². The first-order valence-electron chi connectivity index (χ1n) is 9.81. The zero-order valence-corrected chi connectivity index (χ0v) is 18.4. The Morgan fingerprint density at radius 1 is 1.00 bits per heavy atom. The van der Waals surface area contributed by atoms with Gasteiger partial charge in [-0.25, -0.2) is 4.79 Å². The average molecular weight is 427 g/mol. The van der Waals surface area contributed by atoms with Crippen molar-refractivity contribution in [2.45, 2.75) is 43.5 Å². The number of benzene rings is 2. The Kier molecular flexibility index (Phi) is 7.05. The van der Waals surface area contributed by atoms with E-state index in [2.05, 4.69) is 11.1 Å². The van der Waals surface area contributed by atoms with Crippen LogP contribution in [0, 0.1) is 13.8 Å². The van der Waals surface area contributed by atoms with Crippen LogP contribution >= 0.6 is 11.8 Å². The summed E-state index contributed by atoms with van der Waals surface area (Å²) in [6.07, 6.45) is 0. The zero-order valence-electron chi connectivity index (χ0n) is 17.6. The van der Waals surface area contributed by atoms with E-state index >= 15 is 0 Å². The molecule has 158 valence electrons. The van der Waals surface area contributed by atoms with Crippen LogP contribution in [0.25, 0.3) is 0 Å². The molecule has 30 heavy (non-hydrogen) atoms. The maximum atomic E-state index is 12.6. The van der Waals surface area contributed by atoms with Gasteiger partial charge in [-0.1, -0.05) is 49.9 Å². The lowest BCUT2D eigenvalue weighted by Gasteiger charge is -2.18. The van der Waals surface area contributed by atoms with Crippen LogP contribution < -0.4 is 20.8 Å². The summed E-state index contributed by atoms with van der Waals surface area (Å²) in [5, 5.41) is 0.489. The van der Waals surface area contributed by atoms with Crippen LogP contribution in [0.2, 0.25) is 0 Å². The molecule has 0 amide bonds. The number of rotatable bonds is 8. The fourth-order valence-corrected chi connectivity index (χ4v) is 4.51. The van der Waals surface area contributed by atoms with Gasteiger partial charge < -0.3 is 9.57 Å². The second-order valence-electron chi connectivity index (χ2n) is 7.35. The normalized spacial score (nSPS) is 11.0. The number of H-pyrrole nitrogens is 1. The Balaban J connectivity index is 1.90. The Labute approximate surface area is 179 Å². The molecule has 0 spiro atoms. The average Bonchev–Trinajstić information content (AvgIpc) is 2.66. The predicted molar refractivity (Wildman–Crippen MR) is 119 cm³/mol. The summed E-state index contributed by atoms with van der Waals surface area (Å²) in [6, 6.07) is 15.5. The number of para-hydroxylation sites is 1. The van der Waals surface area contributed by atoms with Crippen molar-refractivity contribution in [2.75, 3.05) is 13.2 Å². The zero-order chi connectivity index (χ0) is 21.7. The molecule has 6 nitrogen and oxygen atoms in total. The van der Waals surface area contributed by atoms with Gasteiger partial charge in [-0.2, -0.15) is 0 Å². The lowest BCUT2D eigenvalue weighted by Crippen LogP contribution is -2.38. The van der Waals surface area contributed by atoms with Crippen LogP contribution in [0.1, 0.15) is 36.5 Å². The number of aromatic amines is 1. The number of nitrogens with zero attached hydrogens (tertiary/aromatic N) is 1. The minimum absolute atomic E-state index is 0.0850. The summed E-state index contributed by atoms with van der Waals surface area (Å²) >= 11 is 1.36. The summed E-state index contributed by atoms with van der Waals surface area (Å²) in [5.41, 5.74) is 1.75. The number of aromatic nitrogens is 2. The molecule has 0 radical (unpaired) electrons. The fourth-order valence-electron chi connectivity index (χ4n) is 3.15. The third-order valence-corrected chi connectivity index (χ3v) is 5.42. The maximum absolute atomic E-state index is 12.6. The second-order valence-corrected chi connectivity index (χ2v) is 8.41. The van der Waals surface area contributed by atoms with Gasteiger partial charge in [0, 0.05) is 4.90 Å². The molecule has 0 fully saturated rings. The highest BCUT2D eigenvalue weighted by atomic mass is 32.2. The molecule has 1 aromatic heterocycles. The van der Waals surface area contributed by atoms with Crippen molar-refractivity contribution in [3.05, 3.63) is 86.1 Å². The molecule has 0 aliphatic heterocycles. The highest BCUT2D eigenvalue weighted by Crippen LogP contribution is 2.32. The highest BCUT2D eigenvalue weighted by Gasteiger charge is 2.20. The molecule has 2 aromatic carbocycles. The van der Waals surface area contributed by atoms with Crippen molar-refractivity contribution in [3.8, 4) is 5.75 Å². The van der Waals surface area contributed by atoms with E-state index in [1.165, 1.54) is 16.5 Å². The molecule has 7 heteroatoms. The van der Waals surface area contributed by atoms with Crippen molar-refractivity contribution in [3.63, 3.8) is 0 Å². The summed E-state index contributed by atoms with van der Waals surface area (Å²) < 4.78 is 6.81. The van der Waals surface area contributed by atoms with Gasteiger partial charge in [0.1, 0.15) is 24.0 Å². The van der Waals surface area contributed by atoms with Crippen molar-refractivity contribution in [2.24, 2.45) is 0 Å². The van der Waals surface area contributed by atoms with Crippen LogP contribution in [0.15, 0.2) is 68.0 Å². The molecule has 0 saturated heterocycles. The van der Waals surface area contributed by atoms with Gasteiger partial charge in [-0.3, -0.25) is 9.78 Å². The van der Waals surface area contributed by atoms with Crippen LogP contribution in [0.3, 0.4) is 0 Å². The van der Waals surface area contributed by atoms with Gasteiger partial charge in [-0.05, 0) is 55.2 Å². The number of aryl methyl sites for hydroxylation is 2. The maximum Gasteiger partial charge on any atom is 0.362 e. The lowest BCUT2D eigenvalue weighted by molar-refractivity contribution is 0.0563. The third kappa shape index (κ3) is 5.36. The first kappa shape index (κ1) is 21.8. The molecule has 0 saturated carbocycles. The smallest absolute Gasteiger partial charge is 0.362 e. The molecule has 0 atom stereocenters. The quantitative estimate of drug-likeness (QED) is 0.436. The first-order valence-corrected chi connectivity index (χ1v) is 10.6. The molecular weight excluding hydrogens is 400 g/mol. The SMILES string of the molecule is Cc1cc(C)cc(Sc2c(C(C)C)c(=O)[nH]c(=O)n2OCCOc2ccccc2)c1. The number of hydrogen-bond donors (Lipinski definition) is 1. The standard InChI is InChI=1S/C23H26N2O4S/c1-15(2)20-21(26)24-23(27)25(29-11-10-28-18-8-6-5-7-9-18)22(20)30-19-13-16(3)12-17(4)14-19/h5-9,12-15H,10-11H2,1-4H3,(H,24,26,27). The number of hydrogen-bond acceptors (Lipinski definition) is 5. The van der Waals surface area contributed by atoms with Gasteiger partial charge in [-0.15, -0.1) is 4.73 Å². The number of nitrogens with one attached hydrogen (secondary N) is 1. The summed E-state index contributed by atoms with van der Waals surface area (Å²) in [5.74, 6) is 0.640. The van der Waals surface area contributed by atoms with Crippen molar-refractivity contribution in [1.29, 1.82) is 0 Å². The van der Waals surface area contributed by atoms with Crippen LogP contribution in [0.5, 0.6) is 5.75 Å². The minimum atomic E-state index is -0.601. The van der Waals surface area contributed by atoms with E-state index in [0.717, 1.165) is 21.8 Å². The Morgan fingerprint density at radius 3 is 2.30 bits per heavy atom. The van der Waals surface area contributed by atoms with Gasteiger partial charge in [0.25, 0.3) is 5.56 Å². The van der Waals surface area contributed by atoms with Crippen LogP contribution in [0.4, 0.5) is 0 Å². The summed E-state index contributed by atoms with van der Waals surface area (Å²) in [6.45, 7) is 8.29. The lowest BCUT2D eigenvalue weighted by atomic mass is 10.1. The van der Waals surface area contributed by atoms with Gasteiger partial charge in [0.05, 0.1) is 5.56 Å². The van der Waals surface area contributed by atoms with Crippen molar-refractivity contribution < 1.29 is 9.57 Å². The molecule has 0 bridgehead atoms. The van der Waals surface area contributed by atoms with E-state index < -0.39 is 5.69 Å². The molecule has 0 aliphatic carbocycles. The number of ether oxygens (including phenoxy) is 1. The molecule has 1 N–H and O–H groups in total. The van der Waals surface area contributed by atoms with Crippen LogP contribution in [-0.2, 0) is 0 Å². The van der Waals surface area contributed by atoms with Crippen LogP contribution in [-0.4, -0.2) is 22.9 Å². The van der Waals surface area contributed by atoms with E-state index in [1.807, 2.05) is 70.2 Å². The van der Waals surface area contributed by atoms with E-state index in [-0.39, 0.29) is 24.7 Å². The Morgan fingerprint density at radius 2 is 1.67 bits per heavy atom. The monoisotopic (exact) mass is 426 g/mol. The van der Waals surface area contributed by atoms with E-state index in [1.54, 1.807) is 0 Å². The fraction of sp³-hybridized carbons (Fsp3) is 0.304. The molecule has 0 aliphatic rings. The van der Waals surface area contributed by atoms with E-state index in [9.17, 15) is 9.59 Å². The van der Waals surface area contributed by atoms with Crippen molar-refractivity contribution >= 4 is 11.8 Å². The predicted octanol–water partition coefficient (Wildman–Crippen LogP) is 3.94. The summed E-state index contributed by atoms with van der Waals surface area (Å²) in [7, 11) is 0. The largest absolute Gasteiger partial charge is 0.490 e. The Bertz CT molecular complexity index is 1100. The van der Waals surface area contributed by atoms with Gasteiger partial charge >= 0.3 is 5.69 Å². The highest BCUT2D eigenvalue weighted by molar-refractivity contribution is 7.99. The first-order chi connectivity index (χ1) is 14.3. The third-order valence-electron chi connectivity index (χ3n) is 4.37. The molecule has 3 aromatic rings. The second kappa shape index (κ2) is 9.71. The topological polar surface area (TPSA) is 73.3 Å². The molecule has 3 rings (SSSR count). The molecule has 0 unspecified atom stereocenters. The van der Waals surface area contributed by atoms with E-state index in [0.29, 0.717) is 10.6 Å².